The zero-order chi connectivity index (χ0) is 26.7. The number of thioether (sulfide) groups is 1. The fourth-order valence-electron chi connectivity index (χ4n) is 4.66. The fourth-order valence-corrected chi connectivity index (χ4v) is 5.07. The highest BCUT2D eigenvalue weighted by atomic mass is 32.2. The van der Waals surface area contributed by atoms with Crippen LogP contribution in [0.15, 0.2) is 59.5 Å². The van der Waals surface area contributed by atoms with E-state index in [0.717, 1.165) is 10.5 Å². The molecule has 2 atom stereocenters. The molecule has 37 heavy (non-hydrogen) atoms. The Morgan fingerprint density at radius 3 is 2.11 bits per heavy atom. The Bertz CT molecular complexity index is 1310. The Morgan fingerprint density at radius 1 is 0.865 bits per heavy atom. The van der Waals surface area contributed by atoms with Crippen molar-refractivity contribution >= 4 is 29.3 Å². The molecule has 1 N–H and O–H groups in total. The van der Waals surface area contributed by atoms with Crippen molar-refractivity contribution in [2.75, 3.05) is 47.1 Å². The average molecular weight is 523 g/mol. The third-order valence-corrected chi connectivity index (χ3v) is 7.32. The second kappa shape index (κ2) is 11.0. The van der Waals surface area contributed by atoms with Crippen molar-refractivity contribution in [3.63, 3.8) is 0 Å². The van der Waals surface area contributed by atoms with Gasteiger partial charge in [-0.25, -0.2) is 0 Å². The predicted octanol–water partition coefficient (Wildman–Crippen LogP) is 4.99. The second-order valence-corrected chi connectivity index (χ2v) is 9.34. The normalized spacial score (nSPS) is 16.6. The van der Waals surface area contributed by atoms with Crippen molar-refractivity contribution in [2.45, 2.75) is 16.9 Å². The zero-order valence-corrected chi connectivity index (χ0v) is 22.5. The number of anilines is 1. The monoisotopic (exact) mass is 522 g/mol. The van der Waals surface area contributed by atoms with E-state index in [2.05, 4.69) is 5.32 Å². The van der Waals surface area contributed by atoms with Crippen molar-refractivity contribution in [3.05, 3.63) is 71.3 Å². The zero-order valence-electron chi connectivity index (χ0n) is 21.7. The molecule has 9 heteroatoms. The summed E-state index contributed by atoms with van der Waals surface area (Å²) in [7, 11) is 7.84. The molecule has 0 saturated carbocycles. The van der Waals surface area contributed by atoms with Gasteiger partial charge in [-0.05, 0) is 53.8 Å². The number of amides is 2. The van der Waals surface area contributed by atoms with Gasteiger partial charge in [0, 0.05) is 23.6 Å². The van der Waals surface area contributed by atoms with Gasteiger partial charge in [-0.2, -0.15) is 0 Å². The van der Waals surface area contributed by atoms with Crippen LogP contribution < -0.4 is 24.3 Å². The second-order valence-electron chi connectivity index (χ2n) is 8.46. The molecule has 8 nitrogen and oxygen atoms in total. The molecule has 1 heterocycles. The van der Waals surface area contributed by atoms with E-state index in [9.17, 15) is 9.59 Å². The van der Waals surface area contributed by atoms with Gasteiger partial charge in [-0.1, -0.05) is 12.1 Å². The molecule has 0 spiro atoms. The van der Waals surface area contributed by atoms with Gasteiger partial charge in [0.05, 0.1) is 46.1 Å². The minimum atomic E-state index is -0.746. The third-order valence-electron chi connectivity index (χ3n) is 6.58. The highest BCUT2D eigenvalue weighted by molar-refractivity contribution is 7.98. The van der Waals surface area contributed by atoms with E-state index in [4.69, 9.17) is 18.9 Å². The molecule has 1 aliphatic heterocycles. The minimum Gasteiger partial charge on any atom is -0.497 e. The molecular weight excluding hydrogens is 492 g/mol. The summed E-state index contributed by atoms with van der Waals surface area (Å²) in [6.07, 6.45) is 2.00. The molecule has 0 unspecified atom stereocenters. The van der Waals surface area contributed by atoms with Gasteiger partial charge in [-0.3, -0.25) is 9.59 Å². The molecule has 3 aromatic rings. The summed E-state index contributed by atoms with van der Waals surface area (Å²) >= 11 is 1.62. The predicted molar refractivity (Wildman–Crippen MR) is 144 cm³/mol. The first kappa shape index (κ1) is 26.2. The number of likely N-dealkylation sites (N-methyl/N-ethyl adjacent to an activating group) is 1. The largest absolute Gasteiger partial charge is 0.497 e. The molecule has 0 saturated heterocycles. The molecule has 0 aromatic heterocycles. The lowest BCUT2D eigenvalue weighted by Gasteiger charge is -2.40. The first-order valence-electron chi connectivity index (χ1n) is 11.6. The van der Waals surface area contributed by atoms with Gasteiger partial charge in [0.1, 0.15) is 11.5 Å². The van der Waals surface area contributed by atoms with Crippen molar-refractivity contribution < 1.29 is 28.5 Å². The first-order valence-corrected chi connectivity index (χ1v) is 12.8. The van der Waals surface area contributed by atoms with Crippen LogP contribution >= 0.6 is 11.8 Å². The van der Waals surface area contributed by atoms with Crippen LogP contribution in [-0.4, -0.2) is 58.5 Å². The van der Waals surface area contributed by atoms with E-state index in [1.54, 1.807) is 61.2 Å². The third kappa shape index (κ3) is 4.91. The van der Waals surface area contributed by atoms with Crippen LogP contribution in [0.4, 0.5) is 5.69 Å². The van der Waals surface area contributed by atoms with Crippen molar-refractivity contribution in [1.82, 2.24) is 4.90 Å². The number of ether oxygens (including phenoxy) is 4. The Balaban J connectivity index is 1.86. The van der Waals surface area contributed by atoms with Crippen molar-refractivity contribution in [2.24, 2.45) is 0 Å². The number of hydrogen-bond acceptors (Lipinski definition) is 7. The molecule has 0 aliphatic carbocycles. The summed E-state index contributed by atoms with van der Waals surface area (Å²) < 4.78 is 21.7. The van der Waals surface area contributed by atoms with Crippen molar-refractivity contribution in [3.8, 4) is 23.0 Å². The smallest absolute Gasteiger partial charge is 0.254 e. The number of hydrogen-bond donors (Lipinski definition) is 1. The summed E-state index contributed by atoms with van der Waals surface area (Å²) in [5.74, 6) is 0.672. The number of carbonyl (C=O) groups is 2. The first-order chi connectivity index (χ1) is 17.9. The number of benzene rings is 3. The molecule has 1 aliphatic rings. The number of nitrogens with zero attached hydrogens (tertiary/aromatic N) is 1. The SMILES string of the molecule is COc1ccc(NC(=O)[C@@H]2c3cc(OC)c(OC)cc3C(=O)N(C)[C@H]2c2ccc(SC)cc2)c(OC)c1. The molecule has 0 bridgehead atoms. The van der Waals surface area contributed by atoms with E-state index < -0.39 is 12.0 Å². The highest BCUT2D eigenvalue weighted by Crippen LogP contribution is 2.46. The van der Waals surface area contributed by atoms with Gasteiger partial charge < -0.3 is 29.2 Å². The summed E-state index contributed by atoms with van der Waals surface area (Å²) in [6, 6.07) is 15.9. The number of carbonyl (C=O) groups excluding carboxylic acids is 2. The molecule has 194 valence electrons. The van der Waals surface area contributed by atoms with Gasteiger partial charge >= 0.3 is 0 Å². The molecule has 3 aromatic carbocycles. The van der Waals surface area contributed by atoms with Crippen LogP contribution in [-0.2, 0) is 4.79 Å². The average Bonchev–Trinajstić information content (AvgIpc) is 2.94. The molecule has 0 fully saturated rings. The minimum absolute atomic E-state index is 0.207. The Kier molecular flexibility index (Phi) is 7.83. The van der Waals surface area contributed by atoms with E-state index in [-0.39, 0.29) is 11.8 Å². The lowest BCUT2D eigenvalue weighted by atomic mass is 9.79. The maximum absolute atomic E-state index is 14.1. The lowest BCUT2D eigenvalue weighted by Crippen LogP contribution is -2.44. The van der Waals surface area contributed by atoms with Crippen LogP contribution in [0.25, 0.3) is 0 Å². The Morgan fingerprint density at radius 2 is 1.51 bits per heavy atom. The number of nitrogens with one attached hydrogen (secondary N) is 1. The van der Waals surface area contributed by atoms with Crippen LogP contribution in [0.3, 0.4) is 0 Å². The standard InChI is InChI=1S/C28H30N2O6S/c1-30-26(16-7-10-18(37-6)11-8-16)25(19-14-23(35-4)24(36-5)15-20(19)28(30)32)27(31)29-21-12-9-17(33-2)13-22(21)34-3/h7-15,25-26H,1-6H3,(H,29,31)/t25-,26+/m1/s1. The maximum atomic E-state index is 14.1. The van der Waals surface area contributed by atoms with E-state index in [1.165, 1.54) is 21.3 Å². The molecule has 0 radical (unpaired) electrons. The summed E-state index contributed by atoms with van der Waals surface area (Å²) in [5.41, 5.74) is 2.28. The van der Waals surface area contributed by atoms with Crippen LogP contribution in [0.2, 0.25) is 0 Å². The molecule has 2 amide bonds. The molecule has 4 rings (SSSR count). The van der Waals surface area contributed by atoms with E-state index in [0.29, 0.717) is 39.8 Å². The summed E-state index contributed by atoms with van der Waals surface area (Å²) in [5, 5.41) is 3.01. The van der Waals surface area contributed by atoms with Gasteiger partial charge in [-0.15, -0.1) is 11.8 Å². The van der Waals surface area contributed by atoms with Gasteiger partial charge in [0.25, 0.3) is 5.91 Å². The topological polar surface area (TPSA) is 86.3 Å². The highest BCUT2D eigenvalue weighted by Gasteiger charge is 2.43. The number of methoxy groups -OCH3 is 4. The Hall–Kier alpha value is -3.85. The van der Waals surface area contributed by atoms with Crippen LogP contribution in [0.1, 0.15) is 33.4 Å². The number of rotatable bonds is 8. The summed E-state index contributed by atoms with van der Waals surface area (Å²) in [4.78, 5) is 30.3. The van der Waals surface area contributed by atoms with Gasteiger partial charge in [0.15, 0.2) is 11.5 Å². The van der Waals surface area contributed by atoms with E-state index >= 15 is 0 Å². The van der Waals surface area contributed by atoms with Crippen molar-refractivity contribution in [1.29, 1.82) is 0 Å². The summed E-state index contributed by atoms with van der Waals surface area (Å²) in [6.45, 7) is 0. The van der Waals surface area contributed by atoms with E-state index in [1.807, 2.05) is 30.5 Å². The lowest BCUT2D eigenvalue weighted by molar-refractivity contribution is -0.119. The fraction of sp³-hybridized carbons (Fsp3) is 0.286. The molecular formula is C28H30N2O6S. The van der Waals surface area contributed by atoms with Crippen LogP contribution in [0, 0.1) is 0 Å². The quantitative estimate of drug-likeness (QED) is 0.417. The van der Waals surface area contributed by atoms with Crippen LogP contribution in [0.5, 0.6) is 23.0 Å². The number of fused-ring (bicyclic) bond motifs is 1. The van der Waals surface area contributed by atoms with Gasteiger partial charge in [0.2, 0.25) is 5.91 Å². The maximum Gasteiger partial charge on any atom is 0.254 e. The Labute approximate surface area is 220 Å².